The molecule has 1 aromatic heterocycles. The van der Waals surface area contributed by atoms with Gasteiger partial charge in [-0.05, 0) is 44.5 Å². The van der Waals surface area contributed by atoms with E-state index in [9.17, 15) is 4.79 Å². The lowest BCUT2D eigenvalue weighted by atomic mass is 10.2. The zero-order valence-corrected chi connectivity index (χ0v) is 14.6. The van der Waals surface area contributed by atoms with Crippen molar-refractivity contribution in [3.8, 4) is 5.75 Å². The molecule has 0 aliphatic rings. The number of halogens is 2. The van der Waals surface area contributed by atoms with Crippen LogP contribution in [0.3, 0.4) is 0 Å². The van der Waals surface area contributed by atoms with Gasteiger partial charge < -0.3 is 14.5 Å². The van der Waals surface area contributed by atoms with Crippen molar-refractivity contribution in [3.63, 3.8) is 0 Å². The molecule has 1 amide bonds. The van der Waals surface area contributed by atoms with Gasteiger partial charge in [-0.2, -0.15) is 0 Å². The first-order valence-electron chi connectivity index (χ1n) is 7.40. The van der Waals surface area contributed by atoms with E-state index in [-0.39, 0.29) is 11.9 Å². The molecule has 1 unspecified atom stereocenters. The molecular formula is C17H19Cl2NO3. The Kier molecular flexibility index (Phi) is 6.37. The van der Waals surface area contributed by atoms with Gasteiger partial charge in [-0.1, -0.05) is 29.3 Å². The molecular weight excluding hydrogens is 337 g/mol. The minimum atomic E-state index is -0.153. The van der Waals surface area contributed by atoms with E-state index in [0.29, 0.717) is 35.2 Å². The highest BCUT2D eigenvalue weighted by Crippen LogP contribution is 2.31. The molecule has 1 atom stereocenters. The van der Waals surface area contributed by atoms with Crippen LogP contribution in [0.15, 0.2) is 34.7 Å². The summed E-state index contributed by atoms with van der Waals surface area (Å²) >= 11 is 11.9. The van der Waals surface area contributed by atoms with E-state index in [1.54, 1.807) is 18.2 Å². The zero-order valence-electron chi connectivity index (χ0n) is 13.1. The summed E-state index contributed by atoms with van der Waals surface area (Å²) in [4.78, 5) is 11.9. The second kappa shape index (κ2) is 8.27. The van der Waals surface area contributed by atoms with Gasteiger partial charge in [0.05, 0.1) is 17.7 Å². The topological polar surface area (TPSA) is 51.5 Å². The number of amides is 1. The van der Waals surface area contributed by atoms with Crippen molar-refractivity contribution < 1.29 is 13.9 Å². The van der Waals surface area contributed by atoms with Gasteiger partial charge in [-0.3, -0.25) is 4.79 Å². The van der Waals surface area contributed by atoms with E-state index in [2.05, 4.69) is 5.32 Å². The lowest BCUT2D eigenvalue weighted by Crippen LogP contribution is -2.26. The Morgan fingerprint density at radius 1 is 1.30 bits per heavy atom. The lowest BCUT2D eigenvalue weighted by molar-refractivity contribution is -0.122. The molecule has 2 aromatic rings. The molecule has 1 heterocycles. The van der Waals surface area contributed by atoms with Gasteiger partial charge in [0.2, 0.25) is 5.91 Å². The van der Waals surface area contributed by atoms with Crippen molar-refractivity contribution >= 4 is 29.1 Å². The zero-order chi connectivity index (χ0) is 16.8. The highest BCUT2D eigenvalue weighted by molar-refractivity contribution is 6.42. The molecule has 124 valence electrons. The number of hydrogen-bond acceptors (Lipinski definition) is 3. The Bertz CT molecular complexity index is 670. The fourth-order valence-corrected chi connectivity index (χ4v) is 2.43. The lowest BCUT2D eigenvalue weighted by Gasteiger charge is -2.12. The first-order valence-corrected chi connectivity index (χ1v) is 8.15. The highest BCUT2D eigenvalue weighted by Gasteiger charge is 2.12. The summed E-state index contributed by atoms with van der Waals surface area (Å²) in [6, 6.07) is 8.80. The normalized spacial score (nSPS) is 12.0. The molecule has 23 heavy (non-hydrogen) atoms. The second-order valence-corrected chi connectivity index (χ2v) is 6.03. The third-order valence-electron chi connectivity index (χ3n) is 3.29. The fourth-order valence-electron chi connectivity index (χ4n) is 2.08. The SMILES string of the molecule is Cc1ccc(C(C)NC(=O)CCCOc2cccc(Cl)c2Cl)o1. The Hall–Kier alpha value is -1.65. The first kappa shape index (κ1) is 17.7. The number of rotatable bonds is 7. The van der Waals surface area contributed by atoms with Crippen LogP contribution in [0.1, 0.15) is 37.3 Å². The minimum absolute atomic E-state index is 0.0488. The largest absolute Gasteiger partial charge is 0.492 e. The van der Waals surface area contributed by atoms with E-state index in [1.807, 2.05) is 26.0 Å². The molecule has 0 radical (unpaired) electrons. The maximum absolute atomic E-state index is 11.9. The molecule has 0 aliphatic carbocycles. The number of nitrogens with one attached hydrogen (secondary N) is 1. The molecule has 0 spiro atoms. The number of benzene rings is 1. The molecule has 6 heteroatoms. The van der Waals surface area contributed by atoms with Gasteiger partial charge in [0.25, 0.3) is 0 Å². The van der Waals surface area contributed by atoms with Crippen molar-refractivity contribution in [2.24, 2.45) is 0 Å². The summed E-state index contributed by atoms with van der Waals surface area (Å²) in [6.07, 6.45) is 0.945. The van der Waals surface area contributed by atoms with Crippen LogP contribution < -0.4 is 10.1 Å². The summed E-state index contributed by atoms with van der Waals surface area (Å²) in [5.41, 5.74) is 0. The minimum Gasteiger partial charge on any atom is -0.492 e. The van der Waals surface area contributed by atoms with Crippen molar-refractivity contribution in [2.45, 2.75) is 32.7 Å². The molecule has 0 bridgehead atoms. The molecule has 0 saturated heterocycles. The molecule has 1 aromatic carbocycles. The van der Waals surface area contributed by atoms with Crippen LogP contribution in [0.2, 0.25) is 10.0 Å². The Labute approximate surface area is 145 Å². The molecule has 4 nitrogen and oxygen atoms in total. The van der Waals surface area contributed by atoms with Gasteiger partial charge in [0, 0.05) is 6.42 Å². The van der Waals surface area contributed by atoms with Crippen molar-refractivity contribution in [3.05, 3.63) is 51.9 Å². The third-order valence-corrected chi connectivity index (χ3v) is 4.09. The van der Waals surface area contributed by atoms with Crippen LogP contribution in [-0.4, -0.2) is 12.5 Å². The highest BCUT2D eigenvalue weighted by atomic mass is 35.5. The van der Waals surface area contributed by atoms with E-state index < -0.39 is 0 Å². The Balaban J connectivity index is 1.71. The van der Waals surface area contributed by atoms with Crippen LogP contribution in [0, 0.1) is 6.92 Å². The molecule has 0 saturated carbocycles. The number of hydrogen-bond donors (Lipinski definition) is 1. The summed E-state index contributed by atoms with van der Waals surface area (Å²) < 4.78 is 11.0. The van der Waals surface area contributed by atoms with Crippen molar-refractivity contribution in [2.75, 3.05) is 6.61 Å². The standard InChI is InChI=1S/C17H19Cl2NO3/c1-11-8-9-14(23-11)12(2)20-16(21)7-4-10-22-15-6-3-5-13(18)17(15)19/h3,5-6,8-9,12H,4,7,10H2,1-2H3,(H,20,21). The second-order valence-electron chi connectivity index (χ2n) is 5.24. The van der Waals surface area contributed by atoms with Gasteiger partial charge in [0.15, 0.2) is 0 Å². The maximum atomic E-state index is 11.9. The number of carbonyl (C=O) groups excluding carboxylic acids is 1. The van der Waals surface area contributed by atoms with Crippen molar-refractivity contribution in [1.29, 1.82) is 0 Å². The maximum Gasteiger partial charge on any atom is 0.220 e. The fraction of sp³-hybridized carbons (Fsp3) is 0.353. The Morgan fingerprint density at radius 2 is 2.09 bits per heavy atom. The van der Waals surface area contributed by atoms with Crippen molar-refractivity contribution in [1.82, 2.24) is 5.32 Å². The smallest absolute Gasteiger partial charge is 0.220 e. The molecule has 2 rings (SSSR count). The first-order chi connectivity index (χ1) is 11.0. The summed E-state index contributed by atoms with van der Waals surface area (Å²) in [5, 5.41) is 3.73. The number of carbonyl (C=O) groups is 1. The average molecular weight is 356 g/mol. The van der Waals surface area contributed by atoms with Gasteiger partial charge in [-0.15, -0.1) is 0 Å². The average Bonchev–Trinajstić information content (AvgIpc) is 2.94. The quantitative estimate of drug-likeness (QED) is 0.716. The van der Waals surface area contributed by atoms with E-state index >= 15 is 0 Å². The van der Waals surface area contributed by atoms with Gasteiger partial charge >= 0.3 is 0 Å². The number of ether oxygens (including phenoxy) is 1. The van der Waals surface area contributed by atoms with Gasteiger partial charge in [0.1, 0.15) is 22.3 Å². The van der Waals surface area contributed by atoms with Crippen LogP contribution >= 0.6 is 23.2 Å². The monoisotopic (exact) mass is 355 g/mol. The number of aryl methyl sites for hydroxylation is 1. The predicted molar refractivity (Wildman–Crippen MR) is 91.2 cm³/mol. The molecule has 1 N–H and O–H groups in total. The summed E-state index contributed by atoms with van der Waals surface area (Å²) in [6.45, 7) is 4.15. The summed E-state index contributed by atoms with van der Waals surface area (Å²) in [7, 11) is 0. The summed E-state index contributed by atoms with van der Waals surface area (Å²) in [5.74, 6) is 2.05. The van der Waals surface area contributed by atoms with E-state index in [4.69, 9.17) is 32.4 Å². The third kappa shape index (κ3) is 5.19. The molecule has 0 aliphatic heterocycles. The van der Waals surface area contributed by atoms with Crippen LogP contribution in [0.25, 0.3) is 0 Å². The van der Waals surface area contributed by atoms with Crippen LogP contribution in [0.4, 0.5) is 0 Å². The van der Waals surface area contributed by atoms with E-state index in [0.717, 1.165) is 11.5 Å². The number of furan rings is 1. The van der Waals surface area contributed by atoms with E-state index in [1.165, 1.54) is 0 Å². The molecule has 0 fully saturated rings. The predicted octanol–water partition coefficient (Wildman–Crippen LogP) is 4.93. The van der Waals surface area contributed by atoms with Crippen LogP contribution in [0.5, 0.6) is 5.75 Å². The van der Waals surface area contributed by atoms with Gasteiger partial charge in [-0.25, -0.2) is 0 Å². The van der Waals surface area contributed by atoms with Crippen LogP contribution in [-0.2, 0) is 4.79 Å². The Morgan fingerprint density at radius 3 is 2.78 bits per heavy atom.